The summed E-state index contributed by atoms with van der Waals surface area (Å²) < 4.78 is 10.8. The van der Waals surface area contributed by atoms with Crippen LogP contribution in [0.5, 0.6) is 11.5 Å². The number of hydrogen-bond acceptors (Lipinski definition) is 6. The number of ether oxygens (including phenoxy) is 2. The first-order valence-electron chi connectivity index (χ1n) is 9.43. The molecule has 2 heterocycles. The second kappa shape index (κ2) is 7.56. The highest BCUT2D eigenvalue weighted by atomic mass is 32.1. The Morgan fingerprint density at radius 1 is 1.18 bits per heavy atom. The SMILES string of the molecule is COc1cc(C)c(CN(C)Cc2nc3sc4c(c3c(=O)[nH]2)CCC4)cc1OC. The van der Waals surface area contributed by atoms with Crippen molar-refractivity contribution in [1.29, 1.82) is 0 Å². The number of rotatable bonds is 6. The summed E-state index contributed by atoms with van der Waals surface area (Å²) in [4.78, 5) is 24.7. The highest BCUT2D eigenvalue weighted by molar-refractivity contribution is 7.18. The van der Waals surface area contributed by atoms with E-state index in [4.69, 9.17) is 14.5 Å². The summed E-state index contributed by atoms with van der Waals surface area (Å²) in [7, 11) is 5.30. The van der Waals surface area contributed by atoms with Crippen molar-refractivity contribution in [2.45, 2.75) is 39.3 Å². The van der Waals surface area contributed by atoms with Gasteiger partial charge in [-0.05, 0) is 62.1 Å². The standard InChI is InChI=1S/C21H25N3O3S/c1-12-8-15(26-3)16(27-4)9-13(12)10-24(2)11-18-22-20(25)19-14-6-5-7-17(14)28-21(19)23-18/h8-9H,5-7,10-11H2,1-4H3,(H,22,23,25). The van der Waals surface area contributed by atoms with E-state index in [1.807, 2.05) is 19.2 Å². The van der Waals surface area contributed by atoms with E-state index in [0.717, 1.165) is 58.6 Å². The number of benzene rings is 1. The van der Waals surface area contributed by atoms with Crippen molar-refractivity contribution in [2.75, 3.05) is 21.3 Å². The van der Waals surface area contributed by atoms with E-state index in [-0.39, 0.29) is 5.56 Å². The van der Waals surface area contributed by atoms with Gasteiger partial charge in [0.25, 0.3) is 5.56 Å². The first-order valence-corrected chi connectivity index (χ1v) is 10.2. The van der Waals surface area contributed by atoms with E-state index in [1.165, 1.54) is 10.4 Å². The van der Waals surface area contributed by atoms with Gasteiger partial charge in [-0.3, -0.25) is 9.69 Å². The van der Waals surface area contributed by atoms with Gasteiger partial charge in [-0.2, -0.15) is 0 Å². The third-order valence-electron chi connectivity index (χ3n) is 5.33. The van der Waals surface area contributed by atoms with Gasteiger partial charge in [-0.1, -0.05) is 0 Å². The van der Waals surface area contributed by atoms with Gasteiger partial charge in [0.15, 0.2) is 11.5 Å². The van der Waals surface area contributed by atoms with Gasteiger partial charge >= 0.3 is 0 Å². The van der Waals surface area contributed by atoms with Crippen molar-refractivity contribution in [1.82, 2.24) is 14.9 Å². The second-order valence-corrected chi connectivity index (χ2v) is 8.44. The highest BCUT2D eigenvalue weighted by Gasteiger charge is 2.21. The molecule has 3 aromatic rings. The largest absolute Gasteiger partial charge is 0.493 e. The Bertz CT molecular complexity index is 1090. The maximum Gasteiger partial charge on any atom is 0.259 e. The number of aromatic nitrogens is 2. The molecule has 0 amide bonds. The van der Waals surface area contributed by atoms with Gasteiger partial charge in [-0.15, -0.1) is 11.3 Å². The number of hydrogen-bond donors (Lipinski definition) is 1. The zero-order valence-corrected chi connectivity index (χ0v) is 17.5. The fourth-order valence-corrected chi connectivity index (χ4v) is 5.20. The topological polar surface area (TPSA) is 67.5 Å². The molecule has 148 valence electrons. The number of aryl methyl sites for hydroxylation is 3. The molecule has 0 spiro atoms. The number of H-pyrrole nitrogens is 1. The molecule has 0 saturated heterocycles. The summed E-state index contributed by atoms with van der Waals surface area (Å²) in [5, 5.41) is 0.805. The minimum Gasteiger partial charge on any atom is -0.493 e. The fraction of sp³-hybridized carbons (Fsp3) is 0.429. The van der Waals surface area contributed by atoms with Crippen LogP contribution in [-0.2, 0) is 25.9 Å². The number of methoxy groups -OCH3 is 2. The summed E-state index contributed by atoms with van der Waals surface area (Å²) in [5.74, 6) is 2.16. The van der Waals surface area contributed by atoms with Crippen LogP contribution in [0.2, 0.25) is 0 Å². The average molecular weight is 400 g/mol. The molecule has 0 aliphatic heterocycles. The molecular formula is C21H25N3O3S. The van der Waals surface area contributed by atoms with Crippen LogP contribution in [0, 0.1) is 6.92 Å². The lowest BCUT2D eigenvalue weighted by Gasteiger charge is -2.19. The normalized spacial score (nSPS) is 13.3. The van der Waals surface area contributed by atoms with Crippen LogP contribution in [0.15, 0.2) is 16.9 Å². The van der Waals surface area contributed by atoms with Gasteiger partial charge in [-0.25, -0.2) is 4.98 Å². The van der Waals surface area contributed by atoms with Crippen molar-refractivity contribution in [3.63, 3.8) is 0 Å². The van der Waals surface area contributed by atoms with Crippen LogP contribution in [-0.4, -0.2) is 36.1 Å². The van der Waals surface area contributed by atoms with Crippen LogP contribution >= 0.6 is 11.3 Å². The predicted molar refractivity (Wildman–Crippen MR) is 112 cm³/mol. The fourth-order valence-electron chi connectivity index (χ4n) is 3.92. The summed E-state index contributed by atoms with van der Waals surface area (Å²) >= 11 is 1.68. The minimum atomic E-state index is -0.00454. The molecule has 2 aromatic heterocycles. The van der Waals surface area contributed by atoms with E-state index in [9.17, 15) is 4.79 Å². The molecule has 7 heteroatoms. The lowest BCUT2D eigenvalue weighted by Crippen LogP contribution is -2.22. The smallest absolute Gasteiger partial charge is 0.259 e. The number of nitrogens with zero attached hydrogens (tertiary/aromatic N) is 2. The summed E-state index contributed by atoms with van der Waals surface area (Å²) in [6.45, 7) is 3.35. The van der Waals surface area contributed by atoms with E-state index >= 15 is 0 Å². The lowest BCUT2D eigenvalue weighted by molar-refractivity contribution is 0.308. The maximum absolute atomic E-state index is 12.6. The van der Waals surface area contributed by atoms with Crippen molar-refractivity contribution in [2.24, 2.45) is 0 Å². The number of fused-ring (bicyclic) bond motifs is 3. The van der Waals surface area contributed by atoms with E-state index in [2.05, 4.69) is 16.8 Å². The number of nitrogens with one attached hydrogen (secondary N) is 1. The number of aromatic amines is 1. The molecule has 0 atom stereocenters. The summed E-state index contributed by atoms with van der Waals surface area (Å²) in [5.41, 5.74) is 3.50. The van der Waals surface area contributed by atoms with E-state index < -0.39 is 0 Å². The molecule has 0 bridgehead atoms. The van der Waals surface area contributed by atoms with Crippen LogP contribution in [0.3, 0.4) is 0 Å². The Labute approximate surface area is 168 Å². The van der Waals surface area contributed by atoms with Crippen molar-refractivity contribution in [3.8, 4) is 11.5 Å². The Kier molecular flexibility index (Phi) is 5.12. The van der Waals surface area contributed by atoms with Crippen LogP contribution in [0.4, 0.5) is 0 Å². The van der Waals surface area contributed by atoms with Gasteiger partial charge in [0.2, 0.25) is 0 Å². The molecule has 1 aliphatic rings. The molecule has 0 unspecified atom stereocenters. The van der Waals surface area contributed by atoms with Crippen molar-refractivity contribution in [3.05, 3.63) is 49.9 Å². The third-order valence-corrected chi connectivity index (χ3v) is 6.51. The van der Waals surface area contributed by atoms with E-state index in [0.29, 0.717) is 12.4 Å². The molecule has 0 radical (unpaired) electrons. The Morgan fingerprint density at radius 2 is 1.93 bits per heavy atom. The Balaban J connectivity index is 1.56. The Hall–Kier alpha value is -2.38. The molecule has 4 rings (SSSR count). The first kappa shape index (κ1) is 19.0. The lowest BCUT2D eigenvalue weighted by atomic mass is 10.1. The van der Waals surface area contributed by atoms with Gasteiger partial charge in [0, 0.05) is 11.4 Å². The molecule has 0 fully saturated rings. The van der Waals surface area contributed by atoms with Crippen molar-refractivity contribution >= 4 is 21.6 Å². The average Bonchev–Trinajstić information content (AvgIpc) is 3.23. The molecule has 0 saturated carbocycles. The Morgan fingerprint density at radius 3 is 2.68 bits per heavy atom. The number of thiophene rings is 1. The van der Waals surface area contributed by atoms with Crippen LogP contribution in [0.25, 0.3) is 10.2 Å². The zero-order valence-electron chi connectivity index (χ0n) is 16.7. The highest BCUT2D eigenvalue weighted by Crippen LogP contribution is 2.34. The van der Waals surface area contributed by atoms with Crippen LogP contribution < -0.4 is 15.0 Å². The monoisotopic (exact) mass is 399 g/mol. The minimum absolute atomic E-state index is 0.00454. The van der Waals surface area contributed by atoms with Crippen LogP contribution in [0.1, 0.15) is 33.8 Å². The van der Waals surface area contributed by atoms with Crippen molar-refractivity contribution < 1.29 is 9.47 Å². The van der Waals surface area contributed by atoms with Gasteiger partial charge in [0.05, 0.1) is 26.2 Å². The maximum atomic E-state index is 12.6. The third kappa shape index (κ3) is 3.40. The first-order chi connectivity index (χ1) is 13.5. The quantitative estimate of drug-likeness (QED) is 0.688. The van der Waals surface area contributed by atoms with Gasteiger partial charge < -0.3 is 14.5 Å². The predicted octanol–water partition coefficient (Wildman–Crippen LogP) is 3.43. The molecule has 1 N–H and O–H groups in total. The molecule has 6 nitrogen and oxygen atoms in total. The zero-order chi connectivity index (χ0) is 19.8. The molecular weight excluding hydrogens is 374 g/mol. The summed E-state index contributed by atoms with van der Waals surface area (Å²) in [6, 6.07) is 4.00. The molecule has 28 heavy (non-hydrogen) atoms. The van der Waals surface area contributed by atoms with Gasteiger partial charge in [0.1, 0.15) is 10.7 Å². The summed E-state index contributed by atoms with van der Waals surface area (Å²) in [6.07, 6.45) is 3.22. The van der Waals surface area contributed by atoms with E-state index in [1.54, 1.807) is 25.6 Å². The molecule has 1 aliphatic carbocycles. The second-order valence-electron chi connectivity index (χ2n) is 7.36. The molecule has 1 aromatic carbocycles.